The van der Waals surface area contributed by atoms with Gasteiger partial charge in [-0.2, -0.15) is 5.26 Å². The van der Waals surface area contributed by atoms with Crippen LogP contribution in [0, 0.1) is 23.0 Å². The lowest BCUT2D eigenvalue weighted by Crippen LogP contribution is -2.32. The average Bonchev–Trinajstić information content (AvgIpc) is 2.21. The van der Waals surface area contributed by atoms with E-state index in [4.69, 9.17) is 16.1 Å². The normalized spacial score (nSPS) is 11.9. The predicted octanol–water partition coefficient (Wildman–Crippen LogP) is 0.791. The molecule has 0 amide bonds. The topological polar surface area (TPSA) is 87.1 Å². The monoisotopic (exact) mass is 226 g/mol. The summed E-state index contributed by atoms with van der Waals surface area (Å²) in [4.78, 5) is 10.4. The smallest absolute Gasteiger partial charge is 0.320 e. The molecule has 3 N–H and O–H groups in total. The van der Waals surface area contributed by atoms with Crippen LogP contribution < -0.4 is 5.73 Å². The Bertz CT molecular complexity index is 469. The number of nitrogens with two attached hydrogens (primary N) is 1. The van der Waals surface area contributed by atoms with Gasteiger partial charge in [-0.1, -0.05) is 0 Å². The fraction of sp³-hybridized carbons (Fsp3) is 0.200. The lowest BCUT2D eigenvalue weighted by Gasteiger charge is -2.08. The maximum absolute atomic E-state index is 13.2. The minimum atomic E-state index is -1.29. The summed E-state index contributed by atoms with van der Waals surface area (Å²) in [5.74, 6) is -3.18. The zero-order valence-corrected chi connectivity index (χ0v) is 8.08. The number of rotatable bonds is 3. The van der Waals surface area contributed by atoms with Crippen LogP contribution in [0.2, 0.25) is 0 Å². The molecule has 4 nitrogen and oxygen atoms in total. The first kappa shape index (κ1) is 12.1. The molecule has 0 spiro atoms. The summed E-state index contributed by atoms with van der Waals surface area (Å²) in [6.07, 6.45) is -0.296. The molecule has 0 saturated carbocycles. The number of carboxylic acids is 1. The summed E-state index contributed by atoms with van der Waals surface area (Å²) in [6.45, 7) is 0. The van der Waals surface area contributed by atoms with Crippen molar-refractivity contribution in [3.63, 3.8) is 0 Å². The Morgan fingerprint density at radius 3 is 2.62 bits per heavy atom. The van der Waals surface area contributed by atoms with Crippen LogP contribution in [0.5, 0.6) is 0 Å². The molecule has 1 aromatic rings. The molecule has 0 bridgehead atoms. The highest BCUT2D eigenvalue weighted by Gasteiger charge is 2.16. The SMILES string of the molecule is N#Cc1cc(CC(N)C(=O)O)c(F)cc1F. The average molecular weight is 226 g/mol. The van der Waals surface area contributed by atoms with E-state index in [-0.39, 0.29) is 17.5 Å². The molecule has 84 valence electrons. The van der Waals surface area contributed by atoms with Gasteiger partial charge in [0.1, 0.15) is 23.7 Å². The van der Waals surface area contributed by atoms with Crippen LogP contribution in [0.3, 0.4) is 0 Å². The van der Waals surface area contributed by atoms with Gasteiger partial charge in [-0.15, -0.1) is 0 Å². The van der Waals surface area contributed by atoms with Crippen molar-refractivity contribution in [3.8, 4) is 6.07 Å². The van der Waals surface area contributed by atoms with Crippen molar-refractivity contribution in [1.82, 2.24) is 0 Å². The summed E-state index contributed by atoms with van der Waals surface area (Å²) < 4.78 is 26.1. The van der Waals surface area contributed by atoms with Crippen molar-refractivity contribution in [1.29, 1.82) is 5.26 Å². The summed E-state index contributed by atoms with van der Waals surface area (Å²) >= 11 is 0. The van der Waals surface area contributed by atoms with E-state index >= 15 is 0 Å². The van der Waals surface area contributed by atoms with E-state index < -0.39 is 23.6 Å². The Balaban J connectivity index is 3.06. The van der Waals surface area contributed by atoms with Crippen molar-refractivity contribution in [3.05, 3.63) is 34.9 Å². The van der Waals surface area contributed by atoms with E-state index in [1.807, 2.05) is 0 Å². The third-order valence-electron chi connectivity index (χ3n) is 2.01. The first-order valence-electron chi connectivity index (χ1n) is 4.32. The van der Waals surface area contributed by atoms with Gasteiger partial charge in [-0.25, -0.2) is 8.78 Å². The third kappa shape index (κ3) is 2.52. The summed E-state index contributed by atoms with van der Waals surface area (Å²) in [6, 6.07) is 1.76. The van der Waals surface area contributed by atoms with Crippen molar-refractivity contribution in [2.45, 2.75) is 12.5 Å². The molecular weight excluding hydrogens is 218 g/mol. The van der Waals surface area contributed by atoms with Crippen LogP contribution in [0.15, 0.2) is 12.1 Å². The lowest BCUT2D eigenvalue weighted by molar-refractivity contribution is -0.138. The van der Waals surface area contributed by atoms with Crippen LogP contribution in [-0.4, -0.2) is 17.1 Å². The Morgan fingerprint density at radius 2 is 2.12 bits per heavy atom. The van der Waals surface area contributed by atoms with Crippen LogP contribution in [0.25, 0.3) is 0 Å². The molecule has 0 aromatic heterocycles. The van der Waals surface area contributed by atoms with Crippen molar-refractivity contribution in [2.75, 3.05) is 0 Å². The second kappa shape index (κ2) is 4.68. The van der Waals surface area contributed by atoms with E-state index in [0.717, 1.165) is 6.07 Å². The number of halogens is 2. The number of nitriles is 1. The standard InChI is InChI=1S/C10H8F2N2O2/c11-7-3-8(12)6(4-13)1-5(7)2-9(14)10(15)16/h1,3,9H,2,14H2,(H,15,16). The Hall–Kier alpha value is -2.00. The van der Waals surface area contributed by atoms with Gasteiger partial charge in [0.2, 0.25) is 0 Å². The highest BCUT2D eigenvalue weighted by molar-refractivity contribution is 5.73. The summed E-state index contributed by atoms with van der Waals surface area (Å²) in [5.41, 5.74) is 4.78. The largest absolute Gasteiger partial charge is 0.480 e. The molecule has 1 rings (SSSR count). The molecule has 1 aromatic carbocycles. The number of nitrogens with zero attached hydrogens (tertiary/aromatic N) is 1. The second-order valence-electron chi connectivity index (χ2n) is 3.18. The maximum atomic E-state index is 13.2. The number of benzene rings is 1. The van der Waals surface area contributed by atoms with E-state index in [0.29, 0.717) is 6.07 Å². The molecule has 6 heteroatoms. The zero-order valence-electron chi connectivity index (χ0n) is 8.08. The van der Waals surface area contributed by atoms with Gasteiger partial charge >= 0.3 is 5.97 Å². The van der Waals surface area contributed by atoms with E-state index in [1.54, 1.807) is 0 Å². The third-order valence-corrected chi connectivity index (χ3v) is 2.01. The Morgan fingerprint density at radius 1 is 1.50 bits per heavy atom. The molecule has 0 aliphatic heterocycles. The van der Waals surface area contributed by atoms with Crippen LogP contribution in [-0.2, 0) is 11.2 Å². The molecule has 0 aliphatic rings. The first-order chi connectivity index (χ1) is 7.45. The fourth-order valence-corrected chi connectivity index (χ4v) is 1.16. The predicted molar refractivity (Wildman–Crippen MR) is 50.4 cm³/mol. The van der Waals surface area contributed by atoms with Gasteiger partial charge in [0.05, 0.1) is 5.56 Å². The first-order valence-corrected chi connectivity index (χ1v) is 4.32. The molecular formula is C10H8F2N2O2. The maximum Gasteiger partial charge on any atom is 0.320 e. The highest BCUT2D eigenvalue weighted by Crippen LogP contribution is 2.15. The molecule has 0 saturated heterocycles. The number of aliphatic carboxylic acids is 1. The Labute approximate surface area is 89.9 Å². The molecule has 1 unspecified atom stereocenters. The van der Waals surface area contributed by atoms with Crippen LogP contribution >= 0.6 is 0 Å². The van der Waals surface area contributed by atoms with Gasteiger partial charge in [-0.3, -0.25) is 4.79 Å². The van der Waals surface area contributed by atoms with E-state index in [1.165, 1.54) is 6.07 Å². The van der Waals surface area contributed by atoms with Crippen LogP contribution in [0.4, 0.5) is 8.78 Å². The lowest BCUT2D eigenvalue weighted by atomic mass is 10.0. The van der Waals surface area contributed by atoms with Gasteiger partial charge < -0.3 is 10.8 Å². The number of hydrogen-bond acceptors (Lipinski definition) is 3. The molecule has 16 heavy (non-hydrogen) atoms. The Kier molecular flexibility index (Phi) is 3.53. The van der Waals surface area contributed by atoms with Crippen molar-refractivity contribution >= 4 is 5.97 Å². The van der Waals surface area contributed by atoms with Gasteiger partial charge in [0, 0.05) is 12.5 Å². The zero-order chi connectivity index (χ0) is 12.3. The minimum absolute atomic E-state index is 0.0900. The highest BCUT2D eigenvalue weighted by atomic mass is 19.1. The van der Waals surface area contributed by atoms with Crippen LogP contribution in [0.1, 0.15) is 11.1 Å². The minimum Gasteiger partial charge on any atom is -0.480 e. The van der Waals surface area contributed by atoms with Gasteiger partial charge in [0.15, 0.2) is 0 Å². The number of carboxylic acid groups (broad SMARTS) is 1. The van der Waals surface area contributed by atoms with Gasteiger partial charge in [-0.05, 0) is 11.6 Å². The fourth-order valence-electron chi connectivity index (χ4n) is 1.16. The quantitative estimate of drug-likeness (QED) is 0.797. The summed E-state index contributed by atoms with van der Waals surface area (Å²) in [5, 5.41) is 17.0. The van der Waals surface area contributed by atoms with Crippen molar-refractivity contribution in [2.24, 2.45) is 5.73 Å². The molecule has 0 radical (unpaired) electrons. The molecule has 1 atom stereocenters. The molecule has 0 aliphatic carbocycles. The van der Waals surface area contributed by atoms with E-state index in [9.17, 15) is 13.6 Å². The molecule has 0 heterocycles. The van der Waals surface area contributed by atoms with E-state index in [2.05, 4.69) is 0 Å². The van der Waals surface area contributed by atoms with Gasteiger partial charge in [0.25, 0.3) is 0 Å². The second-order valence-corrected chi connectivity index (χ2v) is 3.18. The summed E-state index contributed by atoms with van der Waals surface area (Å²) in [7, 11) is 0. The number of carbonyl (C=O) groups is 1. The molecule has 0 fully saturated rings. The van der Waals surface area contributed by atoms with Crippen molar-refractivity contribution < 1.29 is 18.7 Å². The number of hydrogen-bond donors (Lipinski definition) is 2.